The van der Waals surface area contributed by atoms with Crippen molar-refractivity contribution in [3.63, 3.8) is 0 Å². The number of rotatable bonds is 2. The maximum Gasteiger partial charge on any atom is 0.135 e. The van der Waals surface area contributed by atoms with E-state index in [1.54, 1.807) is 0 Å². The summed E-state index contributed by atoms with van der Waals surface area (Å²) in [5, 5.41) is 1.13. The monoisotopic (exact) mass is 321 g/mol. The summed E-state index contributed by atoms with van der Waals surface area (Å²) < 4.78 is 0. The molecular formula is C16H17Cl2N3. The number of fused-ring (bicyclic) bond motifs is 1. The Bertz CT molecular complexity index is 649. The van der Waals surface area contributed by atoms with E-state index in [1.165, 1.54) is 11.3 Å². The molecule has 1 unspecified atom stereocenters. The quantitative estimate of drug-likeness (QED) is 0.859. The summed E-state index contributed by atoms with van der Waals surface area (Å²) in [6.45, 7) is 3.29. The zero-order valence-corrected chi connectivity index (χ0v) is 13.3. The van der Waals surface area contributed by atoms with Gasteiger partial charge >= 0.3 is 0 Å². The highest BCUT2D eigenvalue weighted by molar-refractivity contribution is 6.35. The predicted octanol–water partition coefficient (Wildman–Crippen LogP) is 3.59. The Balaban J connectivity index is 1.96. The van der Waals surface area contributed by atoms with Gasteiger partial charge < -0.3 is 10.6 Å². The summed E-state index contributed by atoms with van der Waals surface area (Å²) in [5.74, 6) is 0. The molecule has 3 rings (SSSR count). The van der Waals surface area contributed by atoms with Crippen molar-refractivity contribution >= 4 is 28.9 Å². The van der Waals surface area contributed by atoms with Crippen LogP contribution in [-0.4, -0.2) is 17.6 Å². The number of hydrogen-bond donors (Lipinski definition) is 1. The summed E-state index contributed by atoms with van der Waals surface area (Å²) in [5.41, 5.74) is 10.3. The van der Waals surface area contributed by atoms with Crippen LogP contribution in [0.4, 0.5) is 5.69 Å². The van der Waals surface area contributed by atoms with E-state index in [1.807, 2.05) is 25.1 Å². The number of aryl methyl sites for hydroxylation is 1. The van der Waals surface area contributed by atoms with Crippen molar-refractivity contribution < 1.29 is 0 Å². The summed E-state index contributed by atoms with van der Waals surface area (Å²) >= 11 is 12.6. The normalized spacial score (nSPS) is 17.7. The lowest BCUT2D eigenvalue weighted by Gasteiger charge is -2.35. The first-order chi connectivity index (χ1) is 10.0. The van der Waals surface area contributed by atoms with Gasteiger partial charge in [-0.05, 0) is 31.0 Å². The second-order valence-corrected chi connectivity index (χ2v) is 6.25. The lowest BCUT2D eigenvalue weighted by Crippen LogP contribution is -2.43. The molecule has 1 aromatic carbocycles. The van der Waals surface area contributed by atoms with Crippen LogP contribution in [-0.2, 0) is 13.0 Å². The lowest BCUT2D eigenvalue weighted by molar-refractivity contribution is 0.598. The average molecular weight is 322 g/mol. The molecule has 2 aromatic rings. The van der Waals surface area contributed by atoms with Crippen LogP contribution in [0.2, 0.25) is 10.2 Å². The highest BCUT2D eigenvalue weighted by atomic mass is 35.5. The highest BCUT2D eigenvalue weighted by Crippen LogP contribution is 2.31. The third kappa shape index (κ3) is 3.00. The van der Waals surface area contributed by atoms with E-state index in [9.17, 15) is 0 Å². The SMILES string of the molecule is Cc1cc(Cl)c(CN2CC(N)Cc3ccccc32)c(Cl)n1. The molecule has 0 amide bonds. The molecule has 0 bridgehead atoms. The second kappa shape index (κ2) is 5.84. The highest BCUT2D eigenvalue weighted by Gasteiger charge is 2.23. The number of benzene rings is 1. The topological polar surface area (TPSA) is 42.1 Å². The number of hydrogen-bond acceptors (Lipinski definition) is 3. The molecule has 1 aliphatic heterocycles. The third-order valence-electron chi connectivity index (χ3n) is 3.77. The standard InChI is InChI=1S/C16H17Cl2N3/c1-10-6-14(17)13(16(18)20-10)9-21-8-12(19)7-11-4-2-3-5-15(11)21/h2-6,12H,7-9,19H2,1H3. The molecule has 21 heavy (non-hydrogen) atoms. The number of halogens is 2. The molecule has 0 aliphatic carbocycles. The number of para-hydroxylation sites is 1. The third-order valence-corrected chi connectivity index (χ3v) is 4.42. The van der Waals surface area contributed by atoms with Gasteiger partial charge in [0.2, 0.25) is 0 Å². The van der Waals surface area contributed by atoms with Gasteiger partial charge in [0.15, 0.2) is 0 Å². The van der Waals surface area contributed by atoms with Gasteiger partial charge in [-0.15, -0.1) is 0 Å². The van der Waals surface area contributed by atoms with Crippen molar-refractivity contribution in [1.82, 2.24) is 4.98 Å². The Kier molecular flexibility index (Phi) is 4.07. The summed E-state index contributed by atoms with van der Waals surface area (Å²) in [4.78, 5) is 6.53. The van der Waals surface area contributed by atoms with E-state index in [0.717, 1.165) is 24.2 Å². The fraction of sp³-hybridized carbons (Fsp3) is 0.312. The molecule has 5 heteroatoms. The molecule has 2 heterocycles. The smallest absolute Gasteiger partial charge is 0.135 e. The van der Waals surface area contributed by atoms with E-state index in [2.05, 4.69) is 22.0 Å². The minimum absolute atomic E-state index is 0.121. The van der Waals surface area contributed by atoms with Crippen LogP contribution in [0.25, 0.3) is 0 Å². The first-order valence-electron chi connectivity index (χ1n) is 6.94. The van der Waals surface area contributed by atoms with Crippen molar-refractivity contribution in [3.8, 4) is 0 Å². The summed E-state index contributed by atoms with van der Waals surface area (Å²) in [6.07, 6.45) is 0.903. The maximum atomic E-state index is 6.34. The Labute approximate surface area is 134 Å². The van der Waals surface area contributed by atoms with Gasteiger partial charge in [-0.3, -0.25) is 0 Å². The molecule has 0 spiro atoms. The number of nitrogens with zero attached hydrogens (tertiary/aromatic N) is 2. The van der Waals surface area contributed by atoms with Crippen LogP contribution in [0.15, 0.2) is 30.3 Å². The van der Waals surface area contributed by atoms with Gasteiger partial charge in [0.05, 0.1) is 5.02 Å². The van der Waals surface area contributed by atoms with Crippen molar-refractivity contribution in [2.75, 3.05) is 11.4 Å². The molecule has 0 radical (unpaired) electrons. The molecule has 0 fully saturated rings. The Morgan fingerprint density at radius 2 is 2.10 bits per heavy atom. The van der Waals surface area contributed by atoms with Crippen LogP contribution in [0.5, 0.6) is 0 Å². The van der Waals surface area contributed by atoms with Gasteiger partial charge in [0.25, 0.3) is 0 Å². The summed E-state index contributed by atoms with van der Waals surface area (Å²) in [6, 6.07) is 10.3. The Morgan fingerprint density at radius 3 is 2.86 bits per heavy atom. The largest absolute Gasteiger partial charge is 0.365 e. The Morgan fingerprint density at radius 1 is 1.33 bits per heavy atom. The first kappa shape index (κ1) is 14.6. The second-order valence-electron chi connectivity index (χ2n) is 5.49. The molecule has 2 N–H and O–H groups in total. The van der Waals surface area contributed by atoms with Gasteiger partial charge in [-0.2, -0.15) is 0 Å². The fourth-order valence-electron chi connectivity index (χ4n) is 2.83. The Hall–Kier alpha value is -1.29. The predicted molar refractivity (Wildman–Crippen MR) is 88.2 cm³/mol. The van der Waals surface area contributed by atoms with Crippen LogP contribution in [0.1, 0.15) is 16.8 Å². The molecule has 1 aromatic heterocycles. The van der Waals surface area contributed by atoms with Crippen molar-refractivity contribution in [3.05, 3.63) is 57.3 Å². The van der Waals surface area contributed by atoms with Gasteiger partial charge in [-0.25, -0.2) is 4.98 Å². The summed E-state index contributed by atoms with van der Waals surface area (Å²) in [7, 11) is 0. The van der Waals surface area contributed by atoms with Crippen LogP contribution in [0.3, 0.4) is 0 Å². The maximum absolute atomic E-state index is 6.34. The van der Waals surface area contributed by atoms with Gasteiger partial charge in [-0.1, -0.05) is 41.4 Å². The molecule has 0 saturated carbocycles. The van der Waals surface area contributed by atoms with Crippen molar-refractivity contribution in [1.29, 1.82) is 0 Å². The first-order valence-corrected chi connectivity index (χ1v) is 7.70. The van der Waals surface area contributed by atoms with E-state index in [-0.39, 0.29) is 6.04 Å². The lowest BCUT2D eigenvalue weighted by atomic mass is 9.98. The number of anilines is 1. The van der Waals surface area contributed by atoms with Crippen LogP contribution in [0, 0.1) is 6.92 Å². The molecule has 0 saturated heterocycles. The van der Waals surface area contributed by atoms with Gasteiger partial charge in [0.1, 0.15) is 5.15 Å². The minimum atomic E-state index is 0.121. The molecule has 1 aliphatic rings. The van der Waals surface area contributed by atoms with Crippen LogP contribution >= 0.6 is 23.2 Å². The van der Waals surface area contributed by atoms with Crippen molar-refractivity contribution in [2.45, 2.75) is 25.9 Å². The van der Waals surface area contributed by atoms with E-state index < -0.39 is 0 Å². The number of nitrogens with two attached hydrogens (primary N) is 1. The molecule has 110 valence electrons. The van der Waals surface area contributed by atoms with Gasteiger partial charge in [0, 0.05) is 36.1 Å². The van der Waals surface area contributed by atoms with E-state index in [4.69, 9.17) is 28.9 Å². The molecule has 3 nitrogen and oxygen atoms in total. The van der Waals surface area contributed by atoms with E-state index >= 15 is 0 Å². The fourth-order valence-corrected chi connectivity index (χ4v) is 3.48. The zero-order chi connectivity index (χ0) is 15.0. The number of pyridine rings is 1. The molecular weight excluding hydrogens is 305 g/mol. The van der Waals surface area contributed by atoms with Crippen molar-refractivity contribution in [2.24, 2.45) is 5.73 Å². The van der Waals surface area contributed by atoms with Crippen LogP contribution < -0.4 is 10.6 Å². The molecule has 1 atom stereocenters. The minimum Gasteiger partial charge on any atom is -0.365 e. The van der Waals surface area contributed by atoms with E-state index in [0.29, 0.717) is 16.7 Å². The average Bonchev–Trinajstić information content (AvgIpc) is 2.42. The zero-order valence-electron chi connectivity index (χ0n) is 11.8. The number of aromatic nitrogens is 1.